The molecular formula is C19H18N4O2S2. The van der Waals surface area contributed by atoms with Gasteiger partial charge in [0.2, 0.25) is 11.0 Å². The summed E-state index contributed by atoms with van der Waals surface area (Å²) in [6.07, 6.45) is 2.38. The van der Waals surface area contributed by atoms with Crippen molar-refractivity contribution in [1.29, 1.82) is 0 Å². The molecule has 1 saturated carbocycles. The van der Waals surface area contributed by atoms with Crippen molar-refractivity contribution in [2.24, 2.45) is 0 Å². The first kappa shape index (κ1) is 17.8. The normalized spacial score (nSPS) is 13.2. The van der Waals surface area contributed by atoms with Crippen molar-refractivity contribution in [2.75, 3.05) is 16.4 Å². The molecule has 2 aromatic carbocycles. The molecule has 3 aromatic rings. The maximum atomic E-state index is 12.2. The highest BCUT2D eigenvalue weighted by atomic mass is 32.2. The molecule has 1 fully saturated rings. The predicted octanol–water partition coefficient (Wildman–Crippen LogP) is 4.64. The Labute approximate surface area is 165 Å². The van der Waals surface area contributed by atoms with Crippen molar-refractivity contribution in [1.82, 2.24) is 10.2 Å². The second-order valence-electron chi connectivity index (χ2n) is 6.07. The van der Waals surface area contributed by atoms with Crippen LogP contribution in [0.1, 0.15) is 12.8 Å². The highest BCUT2D eigenvalue weighted by Crippen LogP contribution is 2.30. The standard InChI is InChI=1S/C19H18N4O2S2/c24-17(12-26-19-23-22-18(27-19)21-13-9-10-13)20-14-5-4-8-16(11-14)25-15-6-2-1-3-7-15/h1-8,11,13H,9-10,12H2,(H,20,24)(H,21,22). The highest BCUT2D eigenvalue weighted by molar-refractivity contribution is 8.01. The maximum Gasteiger partial charge on any atom is 0.234 e. The topological polar surface area (TPSA) is 76.1 Å². The molecule has 1 amide bonds. The van der Waals surface area contributed by atoms with Gasteiger partial charge < -0.3 is 15.4 Å². The van der Waals surface area contributed by atoms with Gasteiger partial charge in [-0.1, -0.05) is 47.4 Å². The van der Waals surface area contributed by atoms with E-state index >= 15 is 0 Å². The van der Waals surface area contributed by atoms with E-state index in [1.165, 1.54) is 35.9 Å². The second-order valence-corrected chi connectivity index (χ2v) is 8.27. The van der Waals surface area contributed by atoms with Crippen molar-refractivity contribution < 1.29 is 9.53 Å². The third kappa shape index (κ3) is 5.45. The molecule has 0 spiro atoms. The number of hydrogen-bond donors (Lipinski definition) is 2. The Morgan fingerprint density at radius 1 is 1.11 bits per heavy atom. The van der Waals surface area contributed by atoms with E-state index < -0.39 is 0 Å². The molecule has 6 nitrogen and oxygen atoms in total. The van der Waals surface area contributed by atoms with Gasteiger partial charge in [0.15, 0.2) is 4.34 Å². The maximum absolute atomic E-state index is 12.2. The monoisotopic (exact) mass is 398 g/mol. The predicted molar refractivity (Wildman–Crippen MR) is 109 cm³/mol. The van der Waals surface area contributed by atoms with Crippen molar-refractivity contribution in [2.45, 2.75) is 23.2 Å². The second kappa shape index (κ2) is 8.41. The van der Waals surface area contributed by atoms with Crippen LogP contribution in [-0.4, -0.2) is 27.9 Å². The SMILES string of the molecule is O=C(CSc1nnc(NC2CC2)s1)Nc1cccc(Oc2ccccc2)c1. The number of rotatable bonds is 8. The average Bonchev–Trinajstić information content (AvgIpc) is 3.37. The number of anilines is 2. The Morgan fingerprint density at radius 2 is 1.93 bits per heavy atom. The van der Waals surface area contributed by atoms with Crippen LogP contribution in [0.4, 0.5) is 10.8 Å². The summed E-state index contributed by atoms with van der Waals surface area (Å²) in [5.41, 5.74) is 0.697. The number of benzene rings is 2. The third-order valence-corrected chi connectivity index (χ3v) is 5.72. The largest absolute Gasteiger partial charge is 0.457 e. The number of carbonyl (C=O) groups is 1. The Morgan fingerprint density at radius 3 is 2.74 bits per heavy atom. The van der Waals surface area contributed by atoms with Gasteiger partial charge in [0, 0.05) is 17.8 Å². The van der Waals surface area contributed by atoms with E-state index in [2.05, 4.69) is 20.8 Å². The van der Waals surface area contributed by atoms with Gasteiger partial charge in [0.25, 0.3) is 0 Å². The lowest BCUT2D eigenvalue weighted by atomic mass is 10.3. The lowest BCUT2D eigenvalue weighted by molar-refractivity contribution is -0.113. The van der Waals surface area contributed by atoms with Crippen molar-refractivity contribution in [3.05, 3.63) is 54.6 Å². The molecule has 0 aliphatic heterocycles. The summed E-state index contributed by atoms with van der Waals surface area (Å²) in [4.78, 5) is 12.2. The molecule has 0 unspecified atom stereocenters. The lowest BCUT2D eigenvalue weighted by Gasteiger charge is -2.08. The fourth-order valence-corrected chi connectivity index (χ4v) is 3.94. The first-order chi connectivity index (χ1) is 13.2. The zero-order valence-corrected chi connectivity index (χ0v) is 16.1. The number of aromatic nitrogens is 2. The number of carbonyl (C=O) groups excluding carboxylic acids is 1. The van der Waals surface area contributed by atoms with E-state index in [9.17, 15) is 4.79 Å². The van der Waals surface area contributed by atoms with Gasteiger partial charge in [-0.2, -0.15) is 0 Å². The average molecular weight is 399 g/mol. The van der Waals surface area contributed by atoms with E-state index in [-0.39, 0.29) is 11.7 Å². The van der Waals surface area contributed by atoms with Crippen LogP contribution in [-0.2, 0) is 4.79 Å². The molecule has 27 heavy (non-hydrogen) atoms. The summed E-state index contributed by atoms with van der Waals surface area (Å²) in [6, 6.07) is 17.4. The zero-order valence-electron chi connectivity index (χ0n) is 14.4. The molecule has 1 aliphatic rings. The third-order valence-electron chi connectivity index (χ3n) is 3.73. The van der Waals surface area contributed by atoms with Gasteiger partial charge in [-0.3, -0.25) is 4.79 Å². The molecular weight excluding hydrogens is 380 g/mol. The molecule has 4 rings (SSSR count). The Bertz CT molecular complexity index is 913. The van der Waals surface area contributed by atoms with Crippen LogP contribution in [0.5, 0.6) is 11.5 Å². The molecule has 1 heterocycles. The summed E-state index contributed by atoms with van der Waals surface area (Å²) < 4.78 is 6.58. The van der Waals surface area contributed by atoms with Crippen LogP contribution in [0, 0.1) is 0 Å². The number of thioether (sulfide) groups is 1. The summed E-state index contributed by atoms with van der Waals surface area (Å²) in [7, 11) is 0. The van der Waals surface area contributed by atoms with Gasteiger partial charge >= 0.3 is 0 Å². The molecule has 0 radical (unpaired) electrons. The summed E-state index contributed by atoms with van der Waals surface area (Å²) >= 11 is 2.87. The van der Waals surface area contributed by atoms with Gasteiger partial charge in [-0.05, 0) is 37.1 Å². The van der Waals surface area contributed by atoms with Crippen LogP contribution in [0.2, 0.25) is 0 Å². The molecule has 8 heteroatoms. The minimum absolute atomic E-state index is 0.0937. The van der Waals surface area contributed by atoms with E-state index in [0.29, 0.717) is 17.5 Å². The molecule has 1 aliphatic carbocycles. The number of nitrogens with zero attached hydrogens (tertiary/aromatic N) is 2. The van der Waals surface area contributed by atoms with E-state index in [1.807, 2.05) is 48.5 Å². The zero-order chi connectivity index (χ0) is 18.5. The van der Waals surface area contributed by atoms with E-state index in [4.69, 9.17) is 4.74 Å². The molecule has 1 aromatic heterocycles. The minimum atomic E-state index is -0.0937. The smallest absolute Gasteiger partial charge is 0.234 e. The first-order valence-corrected chi connectivity index (χ1v) is 10.4. The Balaban J connectivity index is 1.28. The Kier molecular flexibility index (Phi) is 5.55. The van der Waals surface area contributed by atoms with Crippen molar-refractivity contribution in [3.8, 4) is 11.5 Å². The minimum Gasteiger partial charge on any atom is -0.457 e. The number of amides is 1. The summed E-state index contributed by atoms with van der Waals surface area (Å²) in [5, 5.41) is 15.2. The molecule has 0 saturated heterocycles. The van der Waals surface area contributed by atoms with Crippen LogP contribution in [0.25, 0.3) is 0 Å². The number of hydrogen-bond acceptors (Lipinski definition) is 7. The Hall–Kier alpha value is -2.58. The first-order valence-electron chi connectivity index (χ1n) is 8.60. The molecule has 0 bridgehead atoms. The van der Waals surface area contributed by atoms with Crippen molar-refractivity contribution >= 4 is 39.8 Å². The van der Waals surface area contributed by atoms with Crippen LogP contribution >= 0.6 is 23.1 Å². The van der Waals surface area contributed by atoms with Crippen LogP contribution in [0.15, 0.2) is 58.9 Å². The summed E-state index contributed by atoms with van der Waals surface area (Å²) in [5.74, 6) is 1.61. The lowest BCUT2D eigenvalue weighted by Crippen LogP contribution is -2.13. The summed E-state index contributed by atoms with van der Waals surface area (Å²) in [6.45, 7) is 0. The van der Waals surface area contributed by atoms with Gasteiger partial charge in [-0.15, -0.1) is 10.2 Å². The quantitative estimate of drug-likeness (QED) is 0.539. The van der Waals surface area contributed by atoms with Gasteiger partial charge in [0.1, 0.15) is 11.5 Å². The number of para-hydroxylation sites is 1. The number of ether oxygens (including phenoxy) is 1. The van der Waals surface area contributed by atoms with E-state index in [0.717, 1.165) is 15.2 Å². The fourth-order valence-electron chi connectivity index (χ4n) is 2.32. The molecule has 138 valence electrons. The van der Waals surface area contributed by atoms with E-state index in [1.54, 1.807) is 6.07 Å². The fraction of sp³-hybridized carbons (Fsp3) is 0.211. The van der Waals surface area contributed by atoms with Gasteiger partial charge in [-0.25, -0.2) is 0 Å². The highest BCUT2D eigenvalue weighted by Gasteiger charge is 2.22. The van der Waals surface area contributed by atoms with Gasteiger partial charge in [0.05, 0.1) is 5.75 Å². The van der Waals surface area contributed by atoms with Crippen LogP contribution in [0.3, 0.4) is 0 Å². The number of nitrogens with one attached hydrogen (secondary N) is 2. The van der Waals surface area contributed by atoms with Crippen LogP contribution < -0.4 is 15.4 Å². The molecule has 0 atom stereocenters. The van der Waals surface area contributed by atoms with Crippen molar-refractivity contribution in [3.63, 3.8) is 0 Å². The molecule has 2 N–H and O–H groups in total.